The van der Waals surface area contributed by atoms with Gasteiger partial charge in [0.05, 0.1) is 5.69 Å². The molecule has 0 fully saturated rings. The summed E-state index contributed by atoms with van der Waals surface area (Å²) in [6.07, 6.45) is 1.13. The molecule has 0 amide bonds. The molecule has 4 N–H and O–H groups in total. The maximum Gasteiger partial charge on any atom is 0.243 e. The van der Waals surface area contributed by atoms with Gasteiger partial charge in [0.25, 0.3) is 0 Å². The van der Waals surface area contributed by atoms with Crippen LogP contribution >= 0.6 is 0 Å². The lowest BCUT2D eigenvalue weighted by molar-refractivity contribution is 0.228. The van der Waals surface area contributed by atoms with Crippen LogP contribution in [0.15, 0.2) is 17.0 Å². The van der Waals surface area contributed by atoms with Crippen LogP contribution in [0.5, 0.6) is 0 Å². The van der Waals surface area contributed by atoms with Crippen molar-refractivity contribution < 1.29 is 22.3 Å². The van der Waals surface area contributed by atoms with Crippen LogP contribution in [0, 0.1) is 17.6 Å². The largest absolute Gasteiger partial charge is 0.396 e. The molecule has 0 aliphatic heterocycles. The van der Waals surface area contributed by atoms with Crippen molar-refractivity contribution in [1.82, 2.24) is 4.72 Å². The van der Waals surface area contributed by atoms with E-state index in [1.165, 1.54) is 0 Å². The number of hydrogen-bond acceptors (Lipinski definition) is 4. The number of halogens is 2. The van der Waals surface area contributed by atoms with Crippen molar-refractivity contribution in [2.45, 2.75) is 24.7 Å². The van der Waals surface area contributed by atoms with Gasteiger partial charge in [-0.15, -0.1) is 0 Å². The predicted octanol–water partition coefficient (Wildman–Crippen LogP) is 1.23. The zero-order valence-corrected chi connectivity index (χ0v) is 11.9. The van der Waals surface area contributed by atoms with Crippen molar-refractivity contribution in [2.75, 3.05) is 18.9 Å². The first-order valence-corrected chi connectivity index (χ1v) is 7.61. The average Bonchev–Trinajstić information content (AvgIpc) is 2.38. The normalized spacial score (nSPS) is 13.4. The number of anilines is 1. The molecule has 0 aliphatic carbocycles. The van der Waals surface area contributed by atoms with Crippen molar-refractivity contribution in [3.05, 3.63) is 23.8 Å². The molecular formula is C12H18F2N2O3S. The van der Waals surface area contributed by atoms with Crippen LogP contribution in [0.25, 0.3) is 0 Å². The van der Waals surface area contributed by atoms with Gasteiger partial charge < -0.3 is 10.8 Å². The Morgan fingerprint density at radius 1 is 1.35 bits per heavy atom. The highest BCUT2D eigenvalue weighted by Crippen LogP contribution is 2.20. The van der Waals surface area contributed by atoms with E-state index in [0.29, 0.717) is 18.9 Å². The number of nitrogens with two attached hydrogens (primary N) is 1. The Labute approximate surface area is 116 Å². The summed E-state index contributed by atoms with van der Waals surface area (Å²) in [5.41, 5.74) is 4.81. The van der Waals surface area contributed by atoms with Crippen LogP contribution in [0.2, 0.25) is 0 Å². The molecular weight excluding hydrogens is 290 g/mol. The summed E-state index contributed by atoms with van der Waals surface area (Å²) in [5, 5.41) is 8.83. The summed E-state index contributed by atoms with van der Waals surface area (Å²) < 4.78 is 52.4. The van der Waals surface area contributed by atoms with Crippen LogP contribution in [0.3, 0.4) is 0 Å². The predicted molar refractivity (Wildman–Crippen MR) is 71.4 cm³/mol. The Morgan fingerprint density at radius 3 is 2.60 bits per heavy atom. The molecule has 20 heavy (non-hydrogen) atoms. The zero-order valence-electron chi connectivity index (χ0n) is 11.1. The minimum absolute atomic E-state index is 0.0237. The number of sulfonamides is 1. The lowest BCUT2D eigenvalue weighted by Gasteiger charge is -2.10. The van der Waals surface area contributed by atoms with Gasteiger partial charge in [-0.1, -0.05) is 6.92 Å². The molecule has 0 aliphatic rings. The Hall–Kier alpha value is -1.25. The Kier molecular flexibility index (Phi) is 5.85. The first kappa shape index (κ1) is 16.8. The Morgan fingerprint density at radius 2 is 2.00 bits per heavy atom. The number of aliphatic hydroxyl groups excluding tert-OH is 1. The Balaban J connectivity index is 2.72. The maximum absolute atomic E-state index is 13.5. The molecule has 1 unspecified atom stereocenters. The molecule has 1 atom stereocenters. The minimum Gasteiger partial charge on any atom is -0.396 e. The summed E-state index contributed by atoms with van der Waals surface area (Å²) >= 11 is 0. The van der Waals surface area contributed by atoms with E-state index in [1.54, 1.807) is 0 Å². The molecule has 8 heteroatoms. The SMILES string of the molecule is CC(CO)CCCNS(=O)(=O)c1cc(N)c(F)cc1F. The highest BCUT2D eigenvalue weighted by molar-refractivity contribution is 7.89. The molecule has 0 saturated heterocycles. The van der Waals surface area contributed by atoms with E-state index in [1.807, 2.05) is 6.92 Å². The first-order valence-electron chi connectivity index (χ1n) is 6.13. The Bertz CT molecular complexity index is 564. The second-order valence-corrected chi connectivity index (χ2v) is 6.37. The monoisotopic (exact) mass is 308 g/mol. The van der Waals surface area contributed by atoms with E-state index in [9.17, 15) is 17.2 Å². The van der Waals surface area contributed by atoms with Crippen LogP contribution in [-0.4, -0.2) is 26.7 Å². The van der Waals surface area contributed by atoms with Crippen molar-refractivity contribution in [2.24, 2.45) is 5.92 Å². The van der Waals surface area contributed by atoms with Gasteiger partial charge in [0.15, 0.2) is 0 Å². The summed E-state index contributed by atoms with van der Waals surface area (Å²) in [5.74, 6) is -2.12. The third-order valence-electron chi connectivity index (χ3n) is 2.82. The fourth-order valence-electron chi connectivity index (χ4n) is 1.58. The number of nitrogen functional groups attached to an aromatic ring is 1. The van der Waals surface area contributed by atoms with Gasteiger partial charge >= 0.3 is 0 Å². The summed E-state index contributed by atoms with van der Waals surface area (Å²) in [4.78, 5) is -0.674. The molecule has 0 radical (unpaired) electrons. The quantitative estimate of drug-likeness (QED) is 0.522. The third-order valence-corrected chi connectivity index (χ3v) is 4.29. The molecule has 5 nitrogen and oxygen atoms in total. The smallest absolute Gasteiger partial charge is 0.243 e. The van der Waals surface area contributed by atoms with Gasteiger partial charge in [0.1, 0.15) is 16.5 Å². The molecule has 0 saturated carbocycles. The number of aliphatic hydroxyl groups is 1. The summed E-state index contributed by atoms with van der Waals surface area (Å²) in [6.45, 7) is 1.95. The van der Waals surface area contributed by atoms with E-state index in [-0.39, 0.29) is 19.1 Å². The fourth-order valence-corrected chi connectivity index (χ4v) is 2.74. The van der Waals surface area contributed by atoms with Gasteiger partial charge in [0.2, 0.25) is 10.0 Å². The topological polar surface area (TPSA) is 92.4 Å². The minimum atomic E-state index is -4.07. The summed E-state index contributed by atoms with van der Waals surface area (Å²) in [7, 11) is -4.07. The van der Waals surface area contributed by atoms with Gasteiger partial charge in [-0.25, -0.2) is 21.9 Å². The first-order chi connectivity index (χ1) is 9.27. The average molecular weight is 308 g/mol. The van der Waals surface area contributed by atoms with Crippen LogP contribution < -0.4 is 10.5 Å². The summed E-state index contributed by atoms with van der Waals surface area (Å²) in [6, 6.07) is 1.20. The van der Waals surface area contributed by atoms with Crippen molar-refractivity contribution >= 4 is 15.7 Å². The highest BCUT2D eigenvalue weighted by Gasteiger charge is 2.20. The lowest BCUT2D eigenvalue weighted by Crippen LogP contribution is -2.26. The van der Waals surface area contributed by atoms with E-state index in [4.69, 9.17) is 10.8 Å². The fraction of sp³-hybridized carbons (Fsp3) is 0.500. The second kappa shape index (κ2) is 6.96. The molecule has 0 aromatic heterocycles. The van der Waals surface area contributed by atoms with Crippen molar-refractivity contribution in [3.63, 3.8) is 0 Å². The second-order valence-electron chi connectivity index (χ2n) is 4.63. The van der Waals surface area contributed by atoms with Gasteiger partial charge in [0, 0.05) is 19.2 Å². The number of rotatable bonds is 7. The molecule has 114 valence electrons. The molecule has 1 aromatic carbocycles. The van der Waals surface area contributed by atoms with Crippen LogP contribution in [0.1, 0.15) is 19.8 Å². The lowest BCUT2D eigenvalue weighted by atomic mass is 10.1. The van der Waals surface area contributed by atoms with E-state index >= 15 is 0 Å². The molecule has 1 rings (SSSR count). The van der Waals surface area contributed by atoms with Gasteiger partial charge in [-0.2, -0.15) is 0 Å². The van der Waals surface area contributed by atoms with E-state index in [0.717, 1.165) is 6.07 Å². The highest BCUT2D eigenvalue weighted by atomic mass is 32.2. The number of hydrogen-bond donors (Lipinski definition) is 3. The van der Waals surface area contributed by atoms with Crippen molar-refractivity contribution in [3.8, 4) is 0 Å². The van der Waals surface area contributed by atoms with Gasteiger partial charge in [-0.05, 0) is 24.8 Å². The van der Waals surface area contributed by atoms with Crippen molar-refractivity contribution in [1.29, 1.82) is 0 Å². The van der Waals surface area contributed by atoms with Crippen LogP contribution in [0.4, 0.5) is 14.5 Å². The van der Waals surface area contributed by atoms with E-state index in [2.05, 4.69) is 4.72 Å². The zero-order chi connectivity index (χ0) is 15.3. The third kappa shape index (κ3) is 4.39. The number of benzene rings is 1. The van der Waals surface area contributed by atoms with E-state index < -0.39 is 32.2 Å². The molecule has 0 heterocycles. The molecule has 1 aromatic rings. The molecule has 0 bridgehead atoms. The van der Waals surface area contributed by atoms with Gasteiger partial charge in [-0.3, -0.25) is 0 Å². The van der Waals surface area contributed by atoms with Crippen LogP contribution in [-0.2, 0) is 10.0 Å². The molecule has 0 spiro atoms. The standard InChI is InChI=1S/C12H18F2N2O3S/c1-8(7-17)3-2-4-16-20(18,19)12-6-11(15)9(13)5-10(12)14/h5-6,8,16-17H,2-4,7,15H2,1H3. The number of nitrogens with one attached hydrogen (secondary N) is 1. The maximum atomic E-state index is 13.5.